The van der Waals surface area contributed by atoms with Gasteiger partial charge in [0.2, 0.25) is 0 Å². The first-order valence-electron chi connectivity index (χ1n) is 5.73. The number of hydrogen-bond donors (Lipinski definition) is 1. The first-order valence-corrected chi connectivity index (χ1v) is 6.55. The monoisotopic (exact) mass is 238 g/mol. The number of nitrogens with zero attached hydrogens (tertiary/aromatic N) is 1. The quantitative estimate of drug-likeness (QED) is 0.853. The third-order valence-electron chi connectivity index (χ3n) is 3.14. The maximum atomic E-state index is 12.1. The van der Waals surface area contributed by atoms with E-state index in [4.69, 9.17) is 0 Å². The van der Waals surface area contributed by atoms with Crippen LogP contribution in [0.5, 0.6) is 0 Å². The Morgan fingerprint density at radius 2 is 2.12 bits per heavy atom. The van der Waals surface area contributed by atoms with Crippen molar-refractivity contribution in [3.05, 3.63) is 21.9 Å². The number of thiophene rings is 1. The normalized spacial score (nSPS) is 17.8. The van der Waals surface area contributed by atoms with Gasteiger partial charge in [-0.1, -0.05) is 0 Å². The van der Waals surface area contributed by atoms with Gasteiger partial charge in [-0.3, -0.25) is 4.79 Å². The number of hydrogen-bond acceptors (Lipinski definition) is 3. The van der Waals surface area contributed by atoms with Crippen LogP contribution in [0.25, 0.3) is 0 Å². The molecule has 0 unspecified atom stereocenters. The molecule has 1 aromatic rings. The summed E-state index contributed by atoms with van der Waals surface area (Å²) in [6, 6.07) is 4.53. The van der Waals surface area contributed by atoms with E-state index in [1.165, 1.54) is 4.88 Å². The average Bonchev–Trinajstić information content (AvgIpc) is 2.75. The van der Waals surface area contributed by atoms with E-state index in [1.807, 2.05) is 31.0 Å². The number of aryl methyl sites for hydroxylation is 1. The van der Waals surface area contributed by atoms with Crippen LogP contribution in [-0.4, -0.2) is 37.0 Å². The molecular formula is C12H18N2OS. The fraction of sp³-hybridized carbons (Fsp3) is 0.583. The Morgan fingerprint density at radius 1 is 1.44 bits per heavy atom. The average molecular weight is 238 g/mol. The first-order chi connectivity index (χ1) is 7.70. The highest BCUT2D eigenvalue weighted by Crippen LogP contribution is 2.19. The maximum absolute atomic E-state index is 12.1. The highest BCUT2D eigenvalue weighted by Gasteiger charge is 2.23. The van der Waals surface area contributed by atoms with Gasteiger partial charge in [0.1, 0.15) is 0 Å². The van der Waals surface area contributed by atoms with Crippen molar-refractivity contribution in [3.63, 3.8) is 0 Å². The molecule has 0 saturated carbocycles. The number of carbonyl (C=O) groups is 1. The number of nitrogens with one attached hydrogen (secondary N) is 1. The zero-order valence-corrected chi connectivity index (χ0v) is 10.6. The molecule has 0 spiro atoms. The van der Waals surface area contributed by atoms with E-state index in [2.05, 4.69) is 5.32 Å². The summed E-state index contributed by atoms with van der Waals surface area (Å²) in [6.45, 7) is 3.79. The number of piperidine rings is 1. The topological polar surface area (TPSA) is 32.3 Å². The van der Waals surface area contributed by atoms with Crippen LogP contribution in [0.2, 0.25) is 0 Å². The second-order valence-electron chi connectivity index (χ2n) is 4.27. The molecule has 0 atom stereocenters. The van der Waals surface area contributed by atoms with Crippen LogP contribution >= 0.6 is 11.3 Å². The maximum Gasteiger partial charge on any atom is 0.263 e. The fourth-order valence-corrected chi connectivity index (χ4v) is 2.91. The lowest BCUT2D eigenvalue weighted by atomic mass is 10.1. The fourth-order valence-electron chi connectivity index (χ4n) is 2.08. The Kier molecular flexibility index (Phi) is 3.61. The summed E-state index contributed by atoms with van der Waals surface area (Å²) in [5.74, 6) is 0.202. The summed E-state index contributed by atoms with van der Waals surface area (Å²) >= 11 is 1.59. The van der Waals surface area contributed by atoms with Crippen molar-refractivity contribution in [2.75, 3.05) is 20.1 Å². The third kappa shape index (κ3) is 2.44. The molecule has 1 aliphatic heterocycles. The summed E-state index contributed by atoms with van der Waals surface area (Å²) < 4.78 is 0. The van der Waals surface area contributed by atoms with Crippen molar-refractivity contribution in [3.8, 4) is 0 Å². The van der Waals surface area contributed by atoms with Crippen LogP contribution in [-0.2, 0) is 0 Å². The summed E-state index contributed by atoms with van der Waals surface area (Å²) in [5.41, 5.74) is 0. The Balaban J connectivity index is 1.96. The predicted molar refractivity (Wildman–Crippen MR) is 67.0 cm³/mol. The van der Waals surface area contributed by atoms with Gasteiger partial charge in [-0.25, -0.2) is 0 Å². The number of amides is 1. The Hall–Kier alpha value is -0.870. The number of carbonyl (C=O) groups excluding carboxylic acids is 1. The third-order valence-corrected chi connectivity index (χ3v) is 4.13. The van der Waals surface area contributed by atoms with Crippen LogP contribution in [0.1, 0.15) is 27.4 Å². The van der Waals surface area contributed by atoms with Crippen LogP contribution in [0, 0.1) is 6.92 Å². The van der Waals surface area contributed by atoms with E-state index >= 15 is 0 Å². The van der Waals surface area contributed by atoms with Crippen LogP contribution in [0.15, 0.2) is 12.1 Å². The minimum absolute atomic E-state index is 0.202. The first kappa shape index (κ1) is 11.6. The second-order valence-corrected chi connectivity index (χ2v) is 5.55. The van der Waals surface area contributed by atoms with Gasteiger partial charge in [-0.05, 0) is 38.9 Å². The van der Waals surface area contributed by atoms with Gasteiger partial charge in [0.15, 0.2) is 0 Å². The Labute approximate surface area is 100 Å². The zero-order chi connectivity index (χ0) is 11.5. The van der Waals surface area contributed by atoms with Crippen molar-refractivity contribution in [2.24, 2.45) is 0 Å². The Morgan fingerprint density at radius 3 is 2.62 bits per heavy atom. The van der Waals surface area contributed by atoms with E-state index in [0.717, 1.165) is 30.8 Å². The molecule has 16 heavy (non-hydrogen) atoms. The van der Waals surface area contributed by atoms with Gasteiger partial charge >= 0.3 is 0 Å². The molecule has 1 aliphatic rings. The molecule has 0 aliphatic carbocycles. The van der Waals surface area contributed by atoms with E-state index < -0.39 is 0 Å². The number of rotatable bonds is 2. The van der Waals surface area contributed by atoms with Crippen molar-refractivity contribution in [1.82, 2.24) is 10.2 Å². The van der Waals surface area contributed by atoms with Gasteiger partial charge in [0.25, 0.3) is 5.91 Å². The minimum Gasteiger partial charge on any atom is -0.338 e. The lowest BCUT2D eigenvalue weighted by Gasteiger charge is -2.31. The highest BCUT2D eigenvalue weighted by molar-refractivity contribution is 7.13. The molecule has 2 heterocycles. The number of likely N-dealkylation sites (tertiary alicyclic amines) is 1. The molecule has 0 aromatic carbocycles. The molecule has 88 valence electrons. The van der Waals surface area contributed by atoms with Crippen molar-refractivity contribution >= 4 is 17.2 Å². The molecule has 3 nitrogen and oxygen atoms in total. The summed E-state index contributed by atoms with van der Waals surface area (Å²) in [7, 11) is 1.99. The standard InChI is InChI=1S/C12H18N2OS/c1-9-3-4-11(16-9)12(15)14-7-5-10(13-2)6-8-14/h3-4,10,13H,5-8H2,1-2H3. The van der Waals surface area contributed by atoms with Gasteiger partial charge in [0, 0.05) is 24.0 Å². The van der Waals surface area contributed by atoms with E-state index in [-0.39, 0.29) is 5.91 Å². The lowest BCUT2D eigenvalue weighted by molar-refractivity contribution is 0.0712. The van der Waals surface area contributed by atoms with Gasteiger partial charge in [0.05, 0.1) is 4.88 Å². The minimum atomic E-state index is 0.202. The molecule has 2 rings (SSSR count). The SMILES string of the molecule is CNC1CCN(C(=O)c2ccc(C)s2)CC1. The smallest absolute Gasteiger partial charge is 0.263 e. The molecule has 1 fully saturated rings. The van der Waals surface area contributed by atoms with Crippen molar-refractivity contribution in [1.29, 1.82) is 0 Å². The van der Waals surface area contributed by atoms with Gasteiger partial charge in [-0.2, -0.15) is 0 Å². The van der Waals surface area contributed by atoms with Gasteiger partial charge in [-0.15, -0.1) is 11.3 Å². The summed E-state index contributed by atoms with van der Waals surface area (Å²) in [4.78, 5) is 16.2. The molecule has 1 N–H and O–H groups in total. The Bertz CT molecular complexity index is 367. The molecule has 0 bridgehead atoms. The van der Waals surface area contributed by atoms with Crippen LogP contribution < -0.4 is 5.32 Å². The van der Waals surface area contributed by atoms with E-state index in [0.29, 0.717) is 6.04 Å². The van der Waals surface area contributed by atoms with Crippen molar-refractivity contribution < 1.29 is 4.79 Å². The molecule has 1 saturated heterocycles. The van der Waals surface area contributed by atoms with E-state index in [9.17, 15) is 4.79 Å². The highest BCUT2D eigenvalue weighted by atomic mass is 32.1. The molecule has 0 radical (unpaired) electrons. The second kappa shape index (κ2) is 4.97. The van der Waals surface area contributed by atoms with E-state index in [1.54, 1.807) is 11.3 Å². The van der Waals surface area contributed by atoms with Crippen LogP contribution in [0.3, 0.4) is 0 Å². The molecule has 1 amide bonds. The van der Waals surface area contributed by atoms with Crippen molar-refractivity contribution in [2.45, 2.75) is 25.8 Å². The largest absolute Gasteiger partial charge is 0.338 e. The molecule has 4 heteroatoms. The van der Waals surface area contributed by atoms with Crippen LogP contribution in [0.4, 0.5) is 0 Å². The molecule has 1 aromatic heterocycles. The van der Waals surface area contributed by atoms with Gasteiger partial charge < -0.3 is 10.2 Å². The zero-order valence-electron chi connectivity index (χ0n) is 9.82. The summed E-state index contributed by atoms with van der Waals surface area (Å²) in [5, 5.41) is 3.27. The summed E-state index contributed by atoms with van der Waals surface area (Å²) in [6.07, 6.45) is 2.12. The predicted octanol–water partition coefficient (Wildman–Crippen LogP) is 1.88. The molecular weight excluding hydrogens is 220 g/mol. The lowest BCUT2D eigenvalue weighted by Crippen LogP contribution is -2.43.